The normalized spacial score (nSPS) is 10.8. The number of rotatable bonds is 2. The maximum absolute atomic E-state index is 11.1. The number of nitrogens with zero attached hydrogens (tertiary/aromatic N) is 2. The lowest BCUT2D eigenvalue weighted by Crippen LogP contribution is -1.97. The first-order chi connectivity index (χ1) is 9.16. The summed E-state index contributed by atoms with van der Waals surface area (Å²) < 4.78 is 1.78. The summed E-state index contributed by atoms with van der Waals surface area (Å²) in [7, 11) is 1.87. The summed E-state index contributed by atoms with van der Waals surface area (Å²) in [6.45, 7) is 0. The quantitative estimate of drug-likeness (QED) is 0.763. The summed E-state index contributed by atoms with van der Waals surface area (Å²) in [5.41, 5.74) is 2.25. The third kappa shape index (κ3) is 1.87. The van der Waals surface area contributed by atoms with Gasteiger partial charge in [-0.15, -0.1) is 0 Å². The highest BCUT2D eigenvalue weighted by atomic mass is 16.4. The van der Waals surface area contributed by atoms with Crippen molar-refractivity contribution in [2.75, 3.05) is 0 Å². The molecule has 0 fully saturated rings. The number of carboxylic acid groups (broad SMARTS) is 1. The predicted molar refractivity (Wildman–Crippen MR) is 73.1 cm³/mol. The zero-order valence-electron chi connectivity index (χ0n) is 10.4. The fraction of sp³-hybridized carbons (Fsp3) is 0.0667. The van der Waals surface area contributed by atoms with Gasteiger partial charge in [0.2, 0.25) is 0 Å². The highest BCUT2D eigenvalue weighted by molar-refractivity contribution is 6.00. The summed E-state index contributed by atoms with van der Waals surface area (Å²) >= 11 is 0. The molecule has 0 aliphatic rings. The molecule has 0 saturated heterocycles. The van der Waals surface area contributed by atoms with Gasteiger partial charge in [-0.3, -0.25) is 4.68 Å². The first kappa shape index (κ1) is 11.5. The number of aromatic carboxylic acids is 1. The molecule has 0 spiro atoms. The molecule has 1 heterocycles. The van der Waals surface area contributed by atoms with Crippen LogP contribution in [0.2, 0.25) is 0 Å². The Balaban J connectivity index is 2.33. The fourth-order valence-corrected chi connectivity index (χ4v) is 2.27. The van der Waals surface area contributed by atoms with E-state index in [1.54, 1.807) is 23.0 Å². The Hall–Kier alpha value is -2.62. The van der Waals surface area contributed by atoms with E-state index in [4.69, 9.17) is 5.11 Å². The average Bonchev–Trinajstić information content (AvgIpc) is 2.83. The summed E-state index contributed by atoms with van der Waals surface area (Å²) in [5.74, 6) is -0.915. The highest BCUT2D eigenvalue weighted by Crippen LogP contribution is 2.28. The van der Waals surface area contributed by atoms with E-state index < -0.39 is 5.97 Å². The second-order valence-corrected chi connectivity index (χ2v) is 4.39. The molecule has 94 valence electrons. The molecule has 0 aliphatic carbocycles. The Morgan fingerprint density at radius 2 is 2.05 bits per heavy atom. The molecule has 0 atom stereocenters. The second-order valence-electron chi connectivity index (χ2n) is 4.39. The predicted octanol–water partition coefficient (Wildman–Crippen LogP) is 2.94. The molecule has 4 heteroatoms. The minimum absolute atomic E-state index is 0.294. The molecule has 0 radical (unpaired) electrons. The molecular weight excluding hydrogens is 240 g/mol. The number of fused-ring (bicyclic) bond motifs is 1. The van der Waals surface area contributed by atoms with Gasteiger partial charge in [0.15, 0.2) is 0 Å². The van der Waals surface area contributed by atoms with Crippen molar-refractivity contribution in [3.05, 3.63) is 54.2 Å². The summed E-state index contributed by atoms with van der Waals surface area (Å²) in [4.78, 5) is 11.1. The smallest absolute Gasteiger partial charge is 0.335 e. The van der Waals surface area contributed by atoms with Crippen LogP contribution in [0.15, 0.2) is 48.7 Å². The molecule has 3 aromatic rings. The molecule has 0 unspecified atom stereocenters. The van der Waals surface area contributed by atoms with Gasteiger partial charge >= 0.3 is 5.97 Å². The average molecular weight is 252 g/mol. The molecule has 0 aliphatic heterocycles. The minimum atomic E-state index is -0.915. The lowest BCUT2D eigenvalue weighted by Gasteiger charge is -2.08. The molecule has 1 aromatic heterocycles. The van der Waals surface area contributed by atoms with E-state index in [-0.39, 0.29) is 0 Å². The maximum atomic E-state index is 11.1. The maximum Gasteiger partial charge on any atom is 0.335 e. The summed E-state index contributed by atoms with van der Waals surface area (Å²) in [5, 5.41) is 15.2. The number of hydrogen-bond acceptors (Lipinski definition) is 2. The van der Waals surface area contributed by atoms with E-state index in [2.05, 4.69) is 5.10 Å². The number of aryl methyl sites for hydroxylation is 1. The third-order valence-corrected chi connectivity index (χ3v) is 3.23. The Morgan fingerprint density at radius 3 is 2.74 bits per heavy atom. The van der Waals surface area contributed by atoms with Crippen molar-refractivity contribution >= 4 is 16.7 Å². The summed E-state index contributed by atoms with van der Waals surface area (Å²) in [6, 6.07) is 13.0. The molecule has 4 nitrogen and oxygen atoms in total. The van der Waals surface area contributed by atoms with Crippen LogP contribution >= 0.6 is 0 Å². The van der Waals surface area contributed by atoms with E-state index in [0.29, 0.717) is 5.56 Å². The van der Waals surface area contributed by atoms with Gasteiger partial charge in [0, 0.05) is 18.8 Å². The van der Waals surface area contributed by atoms with Gasteiger partial charge in [-0.2, -0.15) is 5.10 Å². The third-order valence-electron chi connectivity index (χ3n) is 3.23. The van der Waals surface area contributed by atoms with Gasteiger partial charge in [-0.05, 0) is 29.0 Å². The van der Waals surface area contributed by atoms with Crippen molar-refractivity contribution in [2.24, 2.45) is 7.05 Å². The first-order valence-electron chi connectivity index (χ1n) is 5.91. The van der Waals surface area contributed by atoms with Crippen molar-refractivity contribution in [1.29, 1.82) is 0 Å². The second kappa shape index (κ2) is 4.24. The Morgan fingerprint density at radius 1 is 1.21 bits per heavy atom. The topological polar surface area (TPSA) is 55.1 Å². The van der Waals surface area contributed by atoms with Crippen LogP contribution in [0.3, 0.4) is 0 Å². The molecule has 2 aromatic carbocycles. The van der Waals surface area contributed by atoms with Crippen LogP contribution in [-0.2, 0) is 7.05 Å². The van der Waals surface area contributed by atoms with Crippen LogP contribution in [0.4, 0.5) is 0 Å². The van der Waals surface area contributed by atoms with Crippen molar-refractivity contribution in [1.82, 2.24) is 9.78 Å². The molecule has 19 heavy (non-hydrogen) atoms. The van der Waals surface area contributed by atoms with Crippen LogP contribution in [0.25, 0.3) is 22.0 Å². The standard InChI is InChI=1S/C15H12N2O2/c1-17-14(7-8-16-17)12-4-2-3-10-5-6-11(15(18)19)9-13(10)12/h2-9H,1H3,(H,18,19). The van der Waals surface area contributed by atoms with Gasteiger partial charge < -0.3 is 5.11 Å². The number of hydrogen-bond donors (Lipinski definition) is 1. The lowest BCUT2D eigenvalue weighted by molar-refractivity contribution is 0.0697. The van der Waals surface area contributed by atoms with E-state index in [9.17, 15) is 4.79 Å². The van der Waals surface area contributed by atoms with Crippen molar-refractivity contribution in [3.8, 4) is 11.3 Å². The Bertz CT molecular complexity index is 775. The largest absolute Gasteiger partial charge is 0.478 e. The van der Waals surface area contributed by atoms with E-state index in [0.717, 1.165) is 22.0 Å². The molecular formula is C15H12N2O2. The number of benzene rings is 2. The summed E-state index contributed by atoms with van der Waals surface area (Å²) in [6.07, 6.45) is 1.73. The van der Waals surface area contributed by atoms with Crippen LogP contribution in [0.5, 0.6) is 0 Å². The highest BCUT2D eigenvalue weighted by Gasteiger charge is 2.10. The van der Waals surface area contributed by atoms with Crippen LogP contribution in [0, 0.1) is 0 Å². The fourth-order valence-electron chi connectivity index (χ4n) is 2.27. The van der Waals surface area contributed by atoms with E-state index >= 15 is 0 Å². The molecule has 1 N–H and O–H groups in total. The van der Waals surface area contributed by atoms with Crippen LogP contribution < -0.4 is 0 Å². The van der Waals surface area contributed by atoms with E-state index in [1.807, 2.05) is 37.4 Å². The molecule has 3 rings (SSSR count). The Kier molecular flexibility index (Phi) is 2.56. The van der Waals surface area contributed by atoms with Crippen molar-refractivity contribution < 1.29 is 9.90 Å². The Labute approximate surface area is 109 Å². The molecule has 0 amide bonds. The van der Waals surface area contributed by atoms with Crippen molar-refractivity contribution in [3.63, 3.8) is 0 Å². The first-order valence-corrected chi connectivity index (χ1v) is 5.91. The minimum Gasteiger partial charge on any atom is -0.478 e. The van der Waals surface area contributed by atoms with Gasteiger partial charge in [-0.25, -0.2) is 4.79 Å². The monoisotopic (exact) mass is 252 g/mol. The number of aromatic nitrogens is 2. The van der Waals surface area contributed by atoms with Gasteiger partial charge in [0.1, 0.15) is 0 Å². The van der Waals surface area contributed by atoms with Crippen LogP contribution in [-0.4, -0.2) is 20.9 Å². The van der Waals surface area contributed by atoms with Crippen molar-refractivity contribution in [2.45, 2.75) is 0 Å². The van der Waals surface area contributed by atoms with Crippen LogP contribution in [0.1, 0.15) is 10.4 Å². The zero-order valence-corrected chi connectivity index (χ0v) is 10.4. The number of carboxylic acids is 1. The lowest BCUT2D eigenvalue weighted by atomic mass is 10.00. The molecule has 0 bridgehead atoms. The zero-order chi connectivity index (χ0) is 13.4. The van der Waals surface area contributed by atoms with Gasteiger partial charge in [-0.1, -0.05) is 24.3 Å². The molecule has 0 saturated carbocycles. The SMILES string of the molecule is Cn1nccc1-c1cccc2ccc(C(=O)O)cc12. The van der Waals surface area contributed by atoms with E-state index in [1.165, 1.54) is 0 Å². The van der Waals surface area contributed by atoms with Gasteiger partial charge in [0.05, 0.1) is 11.3 Å². The number of carbonyl (C=O) groups is 1. The van der Waals surface area contributed by atoms with Gasteiger partial charge in [0.25, 0.3) is 0 Å².